The third-order valence-corrected chi connectivity index (χ3v) is 5.56. The van der Waals surface area contributed by atoms with Crippen LogP contribution in [-0.2, 0) is 6.42 Å². The summed E-state index contributed by atoms with van der Waals surface area (Å²) in [7, 11) is 0. The summed E-state index contributed by atoms with van der Waals surface area (Å²) in [5.41, 5.74) is 0.904. The van der Waals surface area contributed by atoms with Crippen molar-refractivity contribution in [3.8, 4) is 11.8 Å². The first-order valence-electron chi connectivity index (χ1n) is 9.19. The van der Waals surface area contributed by atoms with Crippen molar-refractivity contribution < 1.29 is 4.74 Å². The SMILES string of the molecule is CCCCc1nc2ccc(Br)cc2c(=O)n1N=Cc1cc(Cl)cc(Br)c1OCC#N. The van der Waals surface area contributed by atoms with Gasteiger partial charge in [-0.05, 0) is 52.7 Å². The molecule has 0 saturated heterocycles. The molecule has 0 radical (unpaired) electrons. The lowest BCUT2D eigenvalue weighted by molar-refractivity contribution is 0.365. The van der Waals surface area contributed by atoms with Gasteiger partial charge in [-0.1, -0.05) is 40.9 Å². The zero-order valence-electron chi connectivity index (χ0n) is 16.0. The topological polar surface area (TPSA) is 80.3 Å². The summed E-state index contributed by atoms with van der Waals surface area (Å²) in [5, 5.41) is 14.2. The number of halogens is 3. The van der Waals surface area contributed by atoms with Crippen LogP contribution in [0.4, 0.5) is 0 Å². The third kappa shape index (κ3) is 5.09. The largest absolute Gasteiger partial charge is 0.477 e. The standard InChI is InChI=1S/C21H17Br2ClN4O2/c1-2-3-4-19-27-18-6-5-14(22)10-16(18)21(29)28(19)26-12-13-9-15(24)11-17(23)20(13)30-8-7-25/h5-6,9-12H,2-4,8H2,1H3. The van der Waals surface area contributed by atoms with E-state index in [0.29, 0.717) is 44.0 Å². The van der Waals surface area contributed by atoms with Crippen molar-refractivity contribution in [3.05, 3.63) is 66.0 Å². The van der Waals surface area contributed by atoms with Crippen molar-refractivity contribution >= 4 is 60.6 Å². The minimum absolute atomic E-state index is 0.131. The third-order valence-electron chi connectivity index (χ3n) is 4.26. The van der Waals surface area contributed by atoms with Crippen LogP contribution in [0.25, 0.3) is 10.9 Å². The van der Waals surface area contributed by atoms with Crippen LogP contribution in [-0.4, -0.2) is 22.5 Å². The number of aromatic nitrogens is 2. The molecule has 30 heavy (non-hydrogen) atoms. The zero-order valence-corrected chi connectivity index (χ0v) is 20.0. The molecule has 2 aromatic carbocycles. The molecule has 1 aromatic heterocycles. The first kappa shape index (κ1) is 22.5. The Labute approximate surface area is 195 Å². The van der Waals surface area contributed by atoms with Crippen LogP contribution in [0.3, 0.4) is 0 Å². The summed E-state index contributed by atoms with van der Waals surface area (Å²) in [6, 6.07) is 10.7. The molecule has 3 rings (SSSR count). The van der Waals surface area contributed by atoms with E-state index in [4.69, 9.17) is 21.6 Å². The van der Waals surface area contributed by atoms with Gasteiger partial charge in [0.05, 0.1) is 21.6 Å². The Kier molecular flexibility index (Phi) is 7.64. The molecule has 0 aliphatic heterocycles. The highest BCUT2D eigenvalue weighted by atomic mass is 79.9. The first-order chi connectivity index (χ1) is 14.4. The van der Waals surface area contributed by atoms with E-state index in [2.05, 4.69) is 48.9 Å². The maximum atomic E-state index is 13.2. The molecule has 6 nitrogen and oxygen atoms in total. The maximum Gasteiger partial charge on any atom is 0.282 e. The molecule has 0 aliphatic carbocycles. The van der Waals surface area contributed by atoms with Gasteiger partial charge in [0.25, 0.3) is 5.56 Å². The van der Waals surface area contributed by atoms with Gasteiger partial charge in [-0.25, -0.2) is 4.98 Å². The normalized spacial score (nSPS) is 11.2. The van der Waals surface area contributed by atoms with Crippen molar-refractivity contribution in [3.63, 3.8) is 0 Å². The highest BCUT2D eigenvalue weighted by Gasteiger charge is 2.13. The molecule has 0 aliphatic rings. The smallest absolute Gasteiger partial charge is 0.282 e. The van der Waals surface area contributed by atoms with Gasteiger partial charge in [0.2, 0.25) is 0 Å². The van der Waals surface area contributed by atoms with Crippen LogP contribution in [0.1, 0.15) is 31.2 Å². The second kappa shape index (κ2) is 10.2. The molecule has 0 amide bonds. The molecular formula is C21H17Br2ClN4O2. The molecular weight excluding hydrogens is 536 g/mol. The van der Waals surface area contributed by atoms with E-state index in [9.17, 15) is 4.79 Å². The molecule has 0 bridgehead atoms. The molecule has 0 N–H and O–H groups in total. The average molecular weight is 553 g/mol. The number of nitrogens with zero attached hydrogens (tertiary/aromatic N) is 4. The predicted octanol–water partition coefficient (Wildman–Crippen LogP) is 5.70. The number of aryl methyl sites for hydroxylation is 1. The summed E-state index contributed by atoms with van der Waals surface area (Å²) >= 11 is 13.0. The van der Waals surface area contributed by atoms with Crippen LogP contribution in [0.15, 0.2) is 49.2 Å². The number of benzene rings is 2. The second-order valence-electron chi connectivity index (χ2n) is 6.41. The van der Waals surface area contributed by atoms with Crippen LogP contribution < -0.4 is 10.3 Å². The Balaban J connectivity index is 2.15. The van der Waals surface area contributed by atoms with Crippen molar-refractivity contribution in [2.75, 3.05) is 6.61 Å². The minimum atomic E-state index is -0.260. The van der Waals surface area contributed by atoms with Gasteiger partial charge < -0.3 is 4.74 Å². The fourth-order valence-electron chi connectivity index (χ4n) is 2.86. The lowest BCUT2D eigenvalue weighted by Gasteiger charge is -2.11. The van der Waals surface area contributed by atoms with Gasteiger partial charge in [0.15, 0.2) is 6.61 Å². The van der Waals surface area contributed by atoms with E-state index < -0.39 is 0 Å². The van der Waals surface area contributed by atoms with E-state index in [-0.39, 0.29) is 12.2 Å². The summed E-state index contributed by atoms with van der Waals surface area (Å²) in [6.45, 7) is 1.94. The van der Waals surface area contributed by atoms with Crippen LogP contribution in [0.2, 0.25) is 5.02 Å². The molecule has 154 valence electrons. The van der Waals surface area contributed by atoms with Crippen molar-refractivity contribution in [2.24, 2.45) is 5.10 Å². The molecule has 3 aromatic rings. The number of fused-ring (bicyclic) bond motifs is 1. The summed E-state index contributed by atoms with van der Waals surface area (Å²) in [4.78, 5) is 17.8. The lowest BCUT2D eigenvalue weighted by atomic mass is 10.2. The highest BCUT2D eigenvalue weighted by Crippen LogP contribution is 2.32. The van der Waals surface area contributed by atoms with Crippen molar-refractivity contribution in [1.29, 1.82) is 5.26 Å². The van der Waals surface area contributed by atoms with E-state index >= 15 is 0 Å². The summed E-state index contributed by atoms with van der Waals surface area (Å²) < 4.78 is 8.19. The van der Waals surface area contributed by atoms with Crippen LogP contribution in [0, 0.1) is 11.3 Å². The fraction of sp³-hybridized carbons (Fsp3) is 0.238. The molecule has 9 heteroatoms. The second-order valence-corrected chi connectivity index (χ2v) is 8.61. The van der Waals surface area contributed by atoms with Gasteiger partial charge in [-0.15, -0.1) is 0 Å². The Morgan fingerprint density at radius 1 is 1.33 bits per heavy atom. The number of rotatable bonds is 7. The Morgan fingerprint density at radius 2 is 2.13 bits per heavy atom. The van der Waals surface area contributed by atoms with Gasteiger partial charge in [0, 0.05) is 21.5 Å². The lowest BCUT2D eigenvalue weighted by Crippen LogP contribution is -2.22. The van der Waals surface area contributed by atoms with E-state index in [1.807, 2.05) is 18.2 Å². The number of hydrogen-bond donors (Lipinski definition) is 0. The zero-order chi connectivity index (χ0) is 21.7. The predicted molar refractivity (Wildman–Crippen MR) is 126 cm³/mol. The number of nitriles is 1. The maximum absolute atomic E-state index is 13.2. The van der Waals surface area contributed by atoms with Crippen LogP contribution in [0.5, 0.6) is 5.75 Å². The molecule has 0 atom stereocenters. The van der Waals surface area contributed by atoms with Crippen molar-refractivity contribution in [2.45, 2.75) is 26.2 Å². The Bertz CT molecular complexity index is 1220. The summed E-state index contributed by atoms with van der Waals surface area (Å²) in [6.07, 6.45) is 3.95. The van der Waals surface area contributed by atoms with E-state index in [0.717, 1.165) is 17.3 Å². The molecule has 0 saturated carbocycles. The Hall–Kier alpha value is -2.21. The number of hydrogen-bond acceptors (Lipinski definition) is 5. The van der Waals surface area contributed by atoms with E-state index in [1.54, 1.807) is 18.2 Å². The number of ether oxygens (including phenoxy) is 1. The van der Waals surface area contributed by atoms with Gasteiger partial charge in [-0.2, -0.15) is 15.0 Å². The monoisotopic (exact) mass is 550 g/mol. The minimum Gasteiger partial charge on any atom is -0.477 e. The van der Waals surface area contributed by atoms with Crippen LogP contribution >= 0.6 is 43.5 Å². The highest BCUT2D eigenvalue weighted by molar-refractivity contribution is 9.10. The summed E-state index contributed by atoms with van der Waals surface area (Å²) in [5.74, 6) is 0.998. The molecule has 1 heterocycles. The Morgan fingerprint density at radius 3 is 2.87 bits per heavy atom. The fourth-order valence-corrected chi connectivity index (χ4v) is 4.17. The number of unbranched alkanes of at least 4 members (excludes halogenated alkanes) is 1. The first-order valence-corrected chi connectivity index (χ1v) is 11.1. The molecule has 0 unspecified atom stereocenters. The molecule has 0 fully saturated rings. The van der Waals surface area contributed by atoms with Gasteiger partial charge in [-0.3, -0.25) is 4.79 Å². The van der Waals surface area contributed by atoms with Crippen molar-refractivity contribution in [1.82, 2.24) is 9.66 Å². The van der Waals surface area contributed by atoms with Gasteiger partial charge in [0.1, 0.15) is 17.6 Å². The van der Waals surface area contributed by atoms with Gasteiger partial charge >= 0.3 is 0 Å². The average Bonchev–Trinajstić information content (AvgIpc) is 2.71. The van der Waals surface area contributed by atoms with E-state index in [1.165, 1.54) is 10.9 Å². The molecule has 0 spiro atoms. The quantitative estimate of drug-likeness (QED) is 0.352.